The first-order chi connectivity index (χ1) is 25.6. The summed E-state index contributed by atoms with van der Waals surface area (Å²) < 4.78 is 35.4. The Bertz CT molecular complexity index is 2140. The maximum Gasteiger partial charge on any atom is 0.333 e. The number of benzene rings is 1. The zero-order chi connectivity index (χ0) is 38.5. The summed E-state index contributed by atoms with van der Waals surface area (Å²) in [6.45, 7) is 16.3. The molecule has 7 aliphatic rings. The number of esters is 1. The van der Waals surface area contributed by atoms with Crippen molar-refractivity contribution < 1.29 is 33.3 Å². The Balaban J connectivity index is 1.45. The number of nitrogens with one attached hydrogen (secondary N) is 1. The van der Waals surface area contributed by atoms with Crippen LogP contribution < -0.4 is 19.5 Å². The number of alkyl halides is 1. The fourth-order valence-electron chi connectivity index (χ4n) is 9.88. The molecule has 1 N–H and O–H groups in total. The lowest BCUT2D eigenvalue weighted by Crippen LogP contribution is -2.74. The molecule has 6 bridgehead atoms. The highest BCUT2D eigenvalue weighted by molar-refractivity contribution is 9.09. The number of nitrogens with zero attached hydrogens (tertiary/aromatic N) is 3. The lowest BCUT2D eigenvalue weighted by Gasteiger charge is -2.60. The van der Waals surface area contributed by atoms with Gasteiger partial charge in [-0.05, 0) is 109 Å². The lowest BCUT2D eigenvalue weighted by atomic mass is 9.47. The molecule has 1 aromatic carbocycles. The number of fused-ring (bicyclic) bond motifs is 5. The molecule has 286 valence electrons. The van der Waals surface area contributed by atoms with Crippen LogP contribution in [-0.4, -0.2) is 61.5 Å². The van der Waals surface area contributed by atoms with Crippen LogP contribution in [0.25, 0.3) is 11.8 Å². The van der Waals surface area contributed by atoms with Crippen molar-refractivity contribution in [2.75, 3.05) is 17.9 Å². The summed E-state index contributed by atoms with van der Waals surface area (Å²) in [5.74, 6) is 1.02. The van der Waals surface area contributed by atoms with Gasteiger partial charge in [0.2, 0.25) is 5.95 Å². The van der Waals surface area contributed by atoms with E-state index in [0.29, 0.717) is 41.6 Å². The van der Waals surface area contributed by atoms with Crippen LogP contribution in [0.3, 0.4) is 0 Å². The van der Waals surface area contributed by atoms with Crippen LogP contribution in [-0.2, 0) is 25.5 Å². The second kappa shape index (κ2) is 12.7. The number of hydrogen-bond acceptors (Lipinski definition) is 10. The van der Waals surface area contributed by atoms with E-state index in [0.717, 1.165) is 46.4 Å². The second-order valence-corrected chi connectivity index (χ2v) is 17.1. The number of carbonyl (C=O) groups excluding carboxylic acids is 2. The van der Waals surface area contributed by atoms with Crippen molar-refractivity contribution in [3.63, 3.8) is 0 Å². The summed E-state index contributed by atoms with van der Waals surface area (Å²) in [7, 11) is 1.35. The molecule has 6 atom stereocenters. The minimum absolute atomic E-state index is 0.0690. The van der Waals surface area contributed by atoms with Crippen LogP contribution in [0.4, 0.5) is 5.95 Å². The predicted octanol–water partition coefficient (Wildman–Crippen LogP) is 8.21. The first-order valence-corrected chi connectivity index (χ1v) is 19.9. The molecule has 3 saturated carbocycles. The number of halogens is 1. The van der Waals surface area contributed by atoms with Gasteiger partial charge in [0.15, 0.2) is 17.0 Å². The zero-order valence-electron chi connectivity index (χ0n) is 32.5. The van der Waals surface area contributed by atoms with Crippen LogP contribution in [0.1, 0.15) is 104 Å². The van der Waals surface area contributed by atoms with E-state index in [2.05, 4.69) is 85.2 Å². The number of anilines is 1. The van der Waals surface area contributed by atoms with E-state index in [9.17, 15) is 4.79 Å². The summed E-state index contributed by atoms with van der Waals surface area (Å²) in [6, 6.07) is -0.483. The van der Waals surface area contributed by atoms with E-state index in [1.807, 2.05) is 13.8 Å². The molecule has 0 radical (unpaired) electrons. The molecule has 5 heterocycles. The number of ether oxygens (including phenoxy) is 5. The van der Waals surface area contributed by atoms with Gasteiger partial charge in [-0.2, -0.15) is 0 Å². The highest BCUT2D eigenvalue weighted by atomic mass is 79.9. The summed E-state index contributed by atoms with van der Waals surface area (Å²) >= 11 is 3.56. The Labute approximate surface area is 325 Å². The summed E-state index contributed by atoms with van der Waals surface area (Å²) in [5.41, 5.74) is 2.92. The maximum absolute atomic E-state index is 15.3. The molecule has 9 rings (SSSR count). The molecule has 4 fully saturated rings. The van der Waals surface area contributed by atoms with Crippen LogP contribution in [0, 0.1) is 11.8 Å². The van der Waals surface area contributed by atoms with E-state index in [1.165, 1.54) is 12.7 Å². The van der Waals surface area contributed by atoms with Gasteiger partial charge in [0.05, 0.1) is 35.6 Å². The van der Waals surface area contributed by atoms with E-state index in [-0.39, 0.29) is 23.6 Å². The smallest absolute Gasteiger partial charge is 0.333 e. The molecule has 1 spiro atoms. The van der Waals surface area contributed by atoms with E-state index in [1.54, 1.807) is 24.0 Å². The van der Waals surface area contributed by atoms with Crippen molar-refractivity contribution in [3.05, 3.63) is 69.6 Å². The van der Waals surface area contributed by atoms with Gasteiger partial charge in [-0.1, -0.05) is 29.4 Å². The molecule has 1 saturated heterocycles. The Morgan fingerprint density at radius 1 is 1.09 bits per heavy atom. The third-order valence-corrected chi connectivity index (χ3v) is 12.4. The SMILES string of the molecule is COC(=O)/C(C)=C\CC12OC(C)(C)C3CC(C1=O)C1C4=C(Nc5ncn1n5)c1c(OCBr)c5c(c(CC=C(C)C)c1OC432)OC(C)(CCC=C(C)C)C=C5. The molecule has 12 heteroatoms. The van der Waals surface area contributed by atoms with Crippen molar-refractivity contribution in [2.45, 2.75) is 116 Å². The largest absolute Gasteiger partial charge is 0.482 e. The predicted molar refractivity (Wildman–Crippen MR) is 209 cm³/mol. The van der Waals surface area contributed by atoms with Gasteiger partial charge in [0.1, 0.15) is 34.7 Å². The minimum Gasteiger partial charge on any atom is -0.482 e. The Kier molecular flexibility index (Phi) is 8.65. The average Bonchev–Trinajstić information content (AvgIpc) is 3.56. The maximum atomic E-state index is 15.3. The van der Waals surface area contributed by atoms with Gasteiger partial charge in [0.25, 0.3) is 0 Å². The molecule has 11 nitrogen and oxygen atoms in total. The van der Waals surface area contributed by atoms with Crippen molar-refractivity contribution in [3.8, 4) is 17.2 Å². The third kappa shape index (κ3) is 5.14. The van der Waals surface area contributed by atoms with Crippen molar-refractivity contribution >= 4 is 45.4 Å². The van der Waals surface area contributed by atoms with Crippen LogP contribution in [0.5, 0.6) is 17.2 Å². The first-order valence-electron chi connectivity index (χ1n) is 18.8. The highest BCUT2D eigenvalue weighted by Gasteiger charge is 2.84. The van der Waals surface area contributed by atoms with Gasteiger partial charge < -0.3 is 29.0 Å². The van der Waals surface area contributed by atoms with E-state index < -0.39 is 40.3 Å². The number of carbonyl (C=O) groups is 2. The normalized spacial score (nSPS) is 30.2. The van der Waals surface area contributed by atoms with Gasteiger partial charge in [0, 0.05) is 35.0 Å². The minimum atomic E-state index is -1.47. The van der Waals surface area contributed by atoms with Gasteiger partial charge >= 0.3 is 5.97 Å². The number of rotatable bonds is 10. The fraction of sp³-hybridized carbons (Fsp3) is 0.524. The van der Waals surface area contributed by atoms with Gasteiger partial charge in [-0.25, -0.2) is 14.5 Å². The lowest BCUT2D eigenvalue weighted by molar-refractivity contribution is -0.181. The van der Waals surface area contributed by atoms with Crippen LogP contribution in [0.2, 0.25) is 0 Å². The first kappa shape index (κ1) is 36.8. The highest BCUT2D eigenvalue weighted by Crippen LogP contribution is 2.73. The summed E-state index contributed by atoms with van der Waals surface area (Å²) in [6.07, 6.45) is 14.9. The van der Waals surface area contributed by atoms with Crippen molar-refractivity contribution in [2.24, 2.45) is 11.8 Å². The molecule has 1 aromatic heterocycles. The number of aromatic nitrogens is 3. The van der Waals surface area contributed by atoms with Gasteiger partial charge in [-0.3, -0.25) is 4.79 Å². The molecule has 2 aromatic rings. The molecule has 54 heavy (non-hydrogen) atoms. The van der Waals surface area contributed by atoms with Crippen LogP contribution in [0.15, 0.2) is 52.9 Å². The molecule has 0 amide bonds. The number of hydrogen-bond donors (Lipinski definition) is 1. The number of allylic oxidation sites excluding steroid dienone is 4. The number of methoxy groups -OCH3 is 1. The standard InChI is InChI=1S/C42H49BrN4O7/c1-22(2)11-10-16-40(8)17-15-26-33(52-40)25(13-12-23(3)4)35-29(34(26)51-20-43)31-30-32(47-21-44-38(45-31)46-47)27-19-28-39(6,7)54-41(36(27)48,42(28,30)53-35)18-14-24(5)37(49)50-9/h11-12,14-15,17,21,27-28,32H,10,13,16,18-20H2,1-9H3,(H,45,46)/b24-14-. The summed E-state index contributed by atoms with van der Waals surface area (Å²) in [5, 5.41) is 8.47. The molecule has 3 aliphatic carbocycles. The zero-order valence-corrected chi connectivity index (χ0v) is 34.1. The van der Waals surface area contributed by atoms with E-state index >= 15 is 4.79 Å². The van der Waals surface area contributed by atoms with Crippen molar-refractivity contribution in [1.82, 2.24) is 14.8 Å². The van der Waals surface area contributed by atoms with Crippen LogP contribution >= 0.6 is 15.9 Å². The second-order valence-electron chi connectivity index (χ2n) is 16.7. The van der Waals surface area contributed by atoms with Gasteiger partial charge in [-0.15, -0.1) is 5.10 Å². The topological polar surface area (TPSA) is 123 Å². The average molecular weight is 802 g/mol. The molecule has 6 unspecified atom stereocenters. The Morgan fingerprint density at radius 2 is 1.85 bits per heavy atom. The molecular weight excluding hydrogens is 752 g/mol. The Morgan fingerprint density at radius 3 is 2.56 bits per heavy atom. The number of ketones is 1. The quantitative estimate of drug-likeness (QED) is 0.109. The number of Topliss-reactive ketones (excluding diaryl/α,β-unsaturated/α-hetero) is 1. The third-order valence-electron chi connectivity index (χ3n) is 12.2. The molecular formula is C42H49BrN4O7. The van der Waals surface area contributed by atoms with E-state index in [4.69, 9.17) is 28.8 Å². The Hall–Kier alpha value is -4.16. The summed E-state index contributed by atoms with van der Waals surface area (Å²) in [4.78, 5) is 32.6. The van der Waals surface area contributed by atoms with Crippen molar-refractivity contribution in [1.29, 1.82) is 0 Å². The molecule has 4 aliphatic heterocycles. The fourth-order valence-corrected chi connectivity index (χ4v) is 10.1. The monoisotopic (exact) mass is 800 g/mol.